The zero-order chi connectivity index (χ0) is 19.6. The van der Waals surface area contributed by atoms with Gasteiger partial charge in [0, 0.05) is 16.2 Å². The van der Waals surface area contributed by atoms with Crippen LogP contribution in [0.4, 0.5) is 0 Å². The van der Waals surface area contributed by atoms with E-state index in [0.717, 1.165) is 0 Å². The second-order valence-electron chi connectivity index (χ2n) is 5.87. The first-order chi connectivity index (χ1) is 12.7. The highest BCUT2D eigenvalue weighted by Gasteiger charge is 2.27. The second kappa shape index (κ2) is 7.98. The van der Waals surface area contributed by atoms with E-state index < -0.39 is 9.84 Å². The second-order valence-corrected chi connectivity index (χ2v) is 9.08. The SMILES string of the molecule is O=C1CN(/C=C(/c2ccc(Cl)cc2)S(=O)(=O)Cc2ccc(Cl)cc2)C(=S)N1. The van der Waals surface area contributed by atoms with Crippen LogP contribution in [-0.4, -0.2) is 30.9 Å². The molecule has 2 aromatic rings. The van der Waals surface area contributed by atoms with Crippen molar-refractivity contribution in [3.8, 4) is 0 Å². The summed E-state index contributed by atoms with van der Waals surface area (Å²) < 4.78 is 26.3. The Morgan fingerprint density at radius 2 is 1.63 bits per heavy atom. The Kier molecular flexibility index (Phi) is 5.86. The van der Waals surface area contributed by atoms with E-state index in [0.29, 0.717) is 21.2 Å². The Morgan fingerprint density at radius 3 is 2.15 bits per heavy atom. The summed E-state index contributed by atoms with van der Waals surface area (Å²) in [7, 11) is -3.75. The fourth-order valence-electron chi connectivity index (χ4n) is 2.53. The molecule has 0 unspecified atom stereocenters. The van der Waals surface area contributed by atoms with Gasteiger partial charge in [-0.05, 0) is 47.6 Å². The van der Waals surface area contributed by atoms with E-state index in [-0.39, 0.29) is 28.2 Å². The Labute approximate surface area is 172 Å². The predicted molar refractivity (Wildman–Crippen MR) is 111 cm³/mol. The first kappa shape index (κ1) is 19.8. The molecule has 0 spiro atoms. The molecule has 1 aliphatic heterocycles. The van der Waals surface area contributed by atoms with Crippen LogP contribution in [0.5, 0.6) is 0 Å². The number of halogens is 2. The van der Waals surface area contributed by atoms with Crippen LogP contribution in [0.1, 0.15) is 11.1 Å². The summed E-state index contributed by atoms with van der Waals surface area (Å²) in [5, 5.41) is 3.66. The van der Waals surface area contributed by atoms with Crippen LogP contribution in [0.15, 0.2) is 54.7 Å². The van der Waals surface area contributed by atoms with Gasteiger partial charge in [-0.25, -0.2) is 8.42 Å². The van der Waals surface area contributed by atoms with Crippen LogP contribution in [0.25, 0.3) is 4.91 Å². The molecule has 0 aromatic heterocycles. The lowest BCUT2D eigenvalue weighted by Crippen LogP contribution is -2.24. The van der Waals surface area contributed by atoms with E-state index in [2.05, 4.69) is 5.32 Å². The minimum Gasteiger partial charge on any atom is -0.315 e. The minimum absolute atomic E-state index is 0.0353. The van der Waals surface area contributed by atoms with Crippen LogP contribution < -0.4 is 5.32 Å². The van der Waals surface area contributed by atoms with Gasteiger partial charge in [0.15, 0.2) is 14.9 Å². The van der Waals surface area contributed by atoms with Gasteiger partial charge in [0.1, 0.15) is 6.54 Å². The van der Waals surface area contributed by atoms with Crippen molar-refractivity contribution >= 4 is 61.2 Å². The van der Waals surface area contributed by atoms with Crippen LogP contribution in [0.3, 0.4) is 0 Å². The van der Waals surface area contributed by atoms with Crippen LogP contribution >= 0.6 is 35.4 Å². The Bertz CT molecular complexity index is 1020. The molecule has 1 N–H and O–H groups in total. The van der Waals surface area contributed by atoms with Crippen molar-refractivity contribution < 1.29 is 13.2 Å². The lowest BCUT2D eigenvalue weighted by molar-refractivity contribution is -0.118. The Hall–Kier alpha value is -1.93. The first-order valence-electron chi connectivity index (χ1n) is 7.80. The third-order valence-corrected chi connectivity index (χ3v) is 6.39. The fourth-order valence-corrected chi connectivity index (χ4v) is 4.58. The van der Waals surface area contributed by atoms with Crippen LogP contribution in [0, 0.1) is 0 Å². The molecule has 5 nitrogen and oxygen atoms in total. The molecule has 27 heavy (non-hydrogen) atoms. The maximum absolute atomic E-state index is 13.1. The van der Waals surface area contributed by atoms with E-state index in [1.807, 2.05) is 0 Å². The van der Waals surface area contributed by atoms with E-state index in [1.54, 1.807) is 48.5 Å². The molecule has 0 atom stereocenters. The topological polar surface area (TPSA) is 66.5 Å². The van der Waals surface area contributed by atoms with Gasteiger partial charge in [0.2, 0.25) is 5.91 Å². The van der Waals surface area contributed by atoms with Crippen LogP contribution in [0.2, 0.25) is 10.0 Å². The van der Waals surface area contributed by atoms with Crippen molar-refractivity contribution in [2.45, 2.75) is 5.75 Å². The average Bonchev–Trinajstić information content (AvgIpc) is 2.93. The summed E-state index contributed by atoms with van der Waals surface area (Å²) in [6.45, 7) is -0.0353. The maximum atomic E-state index is 13.1. The molecular formula is C18H14Cl2N2O3S2. The molecule has 1 heterocycles. The number of hydrogen-bond donors (Lipinski definition) is 1. The molecule has 3 rings (SSSR count). The third kappa shape index (κ3) is 4.87. The monoisotopic (exact) mass is 440 g/mol. The molecule has 0 bridgehead atoms. The molecule has 0 aliphatic carbocycles. The molecule has 9 heteroatoms. The number of sulfone groups is 1. The average molecular weight is 441 g/mol. The first-order valence-corrected chi connectivity index (χ1v) is 10.6. The molecule has 1 fully saturated rings. The number of carbonyl (C=O) groups is 1. The summed E-state index contributed by atoms with van der Waals surface area (Å²) in [6.07, 6.45) is 1.38. The van der Waals surface area contributed by atoms with E-state index in [1.165, 1.54) is 11.1 Å². The van der Waals surface area contributed by atoms with Crippen molar-refractivity contribution in [3.63, 3.8) is 0 Å². The number of carbonyl (C=O) groups excluding carboxylic acids is 1. The lowest BCUT2D eigenvalue weighted by atomic mass is 10.2. The number of hydrogen-bond acceptors (Lipinski definition) is 4. The van der Waals surface area contributed by atoms with Crippen molar-refractivity contribution in [2.75, 3.05) is 6.54 Å². The number of nitrogens with one attached hydrogen (secondary N) is 1. The Morgan fingerprint density at radius 1 is 1.07 bits per heavy atom. The van der Waals surface area contributed by atoms with Gasteiger partial charge in [-0.1, -0.05) is 47.5 Å². The van der Waals surface area contributed by atoms with E-state index in [4.69, 9.17) is 35.4 Å². The largest absolute Gasteiger partial charge is 0.315 e. The van der Waals surface area contributed by atoms with Crippen molar-refractivity contribution in [1.82, 2.24) is 10.2 Å². The summed E-state index contributed by atoms with van der Waals surface area (Å²) in [5.41, 5.74) is 1.05. The summed E-state index contributed by atoms with van der Waals surface area (Å²) in [6, 6.07) is 13.0. The maximum Gasteiger partial charge on any atom is 0.246 e. The van der Waals surface area contributed by atoms with Crippen LogP contribution in [-0.2, 0) is 20.4 Å². The zero-order valence-electron chi connectivity index (χ0n) is 13.9. The molecular weight excluding hydrogens is 427 g/mol. The highest BCUT2D eigenvalue weighted by Crippen LogP contribution is 2.27. The summed E-state index contributed by atoms with van der Waals surface area (Å²) in [5.74, 6) is -0.512. The van der Waals surface area contributed by atoms with Crippen molar-refractivity contribution in [1.29, 1.82) is 0 Å². The number of nitrogens with zero attached hydrogens (tertiary/aromatic N) is 1. The third-order valence-electron chi connectivity index (χ3n) is 3.83. The van der Waals surface area contributed by atoms with Crippen molar-refractivity contribution in [3.05, 3.63) is 75.9 Å². The molecule has 0 radical (unpaired) electrons. The Balaban J connectivity index is 2.02. The normalized spacial score (nSPS) is 15.2. The molecule has 1 aliphatic rings. The summed E-state index contributed by atoms with van der Waals surface area (Å²) in [4.78, 5) is 13.0. The molecule has 2 aromatic carbocycles. The molecule has 0 saturated carbocycles. The van der Waals surface area contributed by atoms with E-state index >= 15 is 0 Å². The number of amides is 1. The fraction of sp³-hybridized carbons (Fsp3) is 0.111. The standard InChI is InChI=1S/C18H14Cl2N2O3S2/c19-14-5-1-12(2-6-14)11-27(24,25)16(13-3-7-15(20)8-4-13)9-22-10-17(23)21-18(22)26/h1-9H,10-11H2,(H,21,23,26)/b16-9-. The highest BCUT2D eigenvalue weighted by molar-refractivity contribution is 7.99. The van der Waals surface area contributed by atoms with E-state index in [9.17, 15) is 13.2 Å². The van der Waals surface area contributed by atoms with Gasteiger partial charge >= 0.3 is 0 Å². The minimum atomic E-state index is -3.75. The van der Waals surface area contributed by atoms with Gasteiger partial charge in [-0.2, -0.15) is 0 Å². The van der Waals surface area contributed by atoms with Gasteiger partial charge < -0.3 is 10.2 Å². The van der Waals surface area contributed by atoms with Gasteiger partial charge in [-0.15, -0.1) is 0 Å². The van der Waals surface area contributed by atoms with Crippen molar-refractivity contribution in [2.24, 2.45) is 0 Å². The van der Waals surface area contributed by atoms with Gasteiger partial charge in [0.25, 0.3) is 0 Å². The van der Waals surface area contributed by atoms with Gasteiger partial charge in [0.05, 0.1) is 10.7 Å². The number of thiocarbonyl (C=S) groups is 1. The zero-order valence-corrected chi connectivity index (χ0v) is 17.0. The smallest absolute Gasteiger partial charge is 0.246 e. The predicted octanol–water partition coefficient (Wildman–Crippen LogP) is 3.62. The lowest BCUT2D eigenvalue weighted by Gasteiger charge is -2.15. The number of benzene rings is 2. The molecule has 1 saturated heterocycles. The molecule has 140 valence electrons. The summed E-state index contributed by atoms with van der Waals surface area (Å²) >= 11 is 16.9. The van der Waals surface area contributed by atoms with Gasteiger partial charge in [-0.3, -0.25) is 4.79 Å². The highest BCUT2D eigenvalue weighted by atomic mass is 35.5. The number of rotatable bonds is 5. The quantitative estimate of drug-likeness (QED) is 0.718. The molecule has 1 amide bonds.